The highest BCUT2D eigenvalue weighted by Gasteiger charge is 2.29. The standard InChI is InChI=1S/C17H16N4O/c1-11-3-4-13(9-14(11)19-16(22)12-5-6-12)15-10-21-8-2-7-18-17(21)20-15/h2-4,7-10,12H,5-6H2,1H3,(H,19,22). The van der Waals surface area contributed by atoms with E-state index in [1.807, 2.05) is 48.0 Å². The molecule has 0 spiro atoms. The van der Waals surface area contributed by atoms with Gasteiger partial charge in [-0.3, -0.25) is 9.20 Å². The molecule has 2 aromatic heterocycles. The van der Waals surface area contributed by atoms with Crippen LogP contribution in [0.15, 0.2) is 42.9 Å². The highest BCUT2D eigenvalue weighted by Crippen LogP contribution is 2.31. The minimum absolute atomic E-state index is 0.122. The summed E-state index contributed by atoms with van der Waals surface area (Å²) in [4.78, 5) is 20.7. The maximum Gasteiger partial charge on any atom is 0.234 e. The van der Waals surface area contributed by atoms with E-state index in [4.69, 9.17) is 0 Å². The Morgan fingerprint density at radius 3 is 3.00 bits per heavy atom. The summed E-state index contributed by atoms with van der Waals surface area (Å²) < 4.78 is 1.89. The molecule has 4 rings (SSSR count). The molecule has 1 aromatic carbocycles. The molecule has 1 fully saturated rings. The van der Waals surface area contributed by atoms with Crippen LogP contribution in [0.3, 0.4) is 0 Å². The van der Waals surface area contributed by atoms with Crippen LogP contribution < -0.4 is 5.32 Å². The number of amides is 1. The van der Waals surface area contributed by atoms with Crippen molar-refractivity contribution in [3.8, 4) is 11.3 Å². The van der Waals surface area contributed by atoms with Crippen molar-refractivity contribution in [3.05, 3.63) is 48.4 Å². The fourth-order valence-corrected chi connectivity index (χ4v) is 2.47. The molecular formula is C17H16N4O. The monoisotopic (exact) mass is 292 g/mol. The summed E-state index contributed by atoms with van der Waals surface area (Å²) in [6.07, 6.45) is 7.59. The molecule has 0 radical (unpaired) electrons. The second-order valence-corrected chi connectivity index (χ2v) is 5.75. The number of carbonyl (C=O) groups is 1. The summed E-state index contributed by atoms with van der Waals surface area (Å²) in [5, 5.41) is 3.03. The van der Waals surface area contributed by atoms with Crippen molar-refractivity contribution in [2.45, 2.75) is 19.8 Å². The van der Waals surface area contributed by atoms with Crippen LogP contribution in [0.5, 0.6) is 0 Å². The third-order valence-electron chi connectivity index (χ3n) is 3.97. The molecule has 1 N–H and O–H groups in total. The topological polar surface area (TPSA) is 59.3 Å². The average Bonchev–Trinajstić information content (AvgIpc) is 3.28. The van der Waals surface area contributed by atoms with E-state index in [-0.39, 0.29) is 11.8 Å². The first-order chi connectivity index (χ1) is 10.7. The Kier molecular flexibility index (Phi) is 2.92. The van der Waals surface area contributed by atoms with Gasteiger partial charge in [0.15, 0.2) is 0 Å². The smallest absolute Gasteiger partial charge is 0.234 e. The molecule has 3 aromatic rings. The molecule has 0 saturated heterocycles. The van der Waals surface area contributed by atoms with Crippen LogP contribution in [0.25, 0.3) is 17.0 Å². The Morgan fingerprint density at radius 2 is 2.23 bits per heavy atom. The van der Waals surface area contributed by atoms with Gasteiger partial charge in [-0.25, -0.2) is 9.97 Å². The Balaban J connectivity index is 1.70. The maximum absolute atomic E-state index is 12.0. The Morgan fingerprint density at radius 1 is 1.36 bits per heavy atom. The lowest BCUT2D eigenvalue weighted by molar-refractivity contribution is -0.117. The first kappa shape index (κ1) is 13.0. The van der Waals surface area contributed by atoms with Crippen LogP contribution >= 0.6 is 0 Å². The predicted molar refractivity (Wildman–Crippen MR) is 84.5 cm³/mol. The number of imidazole rings is 1. The SMILES string of the molecule is Cc1ccc(-c2cn3cccnc3n2)cc1NC(=O)C1CC1. The molecule has 1 aliphatic rings. The van der Waals surface area contributed by atoms with Gasteiger partial charge in [-0.05, 0) is 37.5 Å². The predicted octanol–water partition coefficient (Wildman–Crippen LogP) is 3.05. The van der Waals surface area contributed by atoms with Gasteiger partial charge in [-0.2, -0.15) is 0 Å². The van der Waals surface area contributed by atoms with Crippen molar-refractivity contribution in [2.24, 2.45) is 5.92 Å². The lowest BCUT2D eigenvalue weighted by Gasteiger charge is -2.09. The fraction of sp³-hybridized carbons (Fsp3) is 0.235. The van der Waals surface area contributed by atoms with E-state index in [9.17, 15) is 4.79 Å². The third kappa shape index (κ3) is 2.35. The van der Waals surface area contributed by atoms with Crippen molar-refractivity contribution in [1.29, 1.82) is 0 Å². The van der Waals surface area contributed by atoms with E-state index >= 15 is 0 Å². The Labute approximate surface area is 128 Å². The maximum atomic E-state index is 12.0. The highest BCUT2D eigenvalue weighted by molar-refractivity contribution is 5.95. The molecule has 22 heavy (non-hydrogen) atoms. The van der Waals surface area contributed by atoms with E-state index in [1.165, 1.54) is 0 Å². The summed E-state index contributed by atoms with van der Waals surface area (Å²) in [6, 6.07) is 7.88. The molecule has 5 nitrogen and oxygen atoms in total. The molecule has 2 heterocycles. The summed E-state index contributed by atoms with van der Waals surface area (Å²) >= 11 is 0. The molecule has 1 amide bonds. The molecule has 1 saturated carbocycles. The van der Waals surface area contributed by atoms with Gasteiger partial charge in [-0.15, -0.1) is 0 Å². The summed E-state index contributed by atoms with van der Waals surface area (Å²) in [5.74, 6) is 0.987. The first-order valence-corrected chi connectivity index (χ1v) is 7.42. The van der Waals surface area contributed by atoms with Crippen LogP contribution in [0.4, 0.5) is 5.69 Å². The van der Waals surface area contributed by atoms with Crippen molar-refractivity contribution in [2.75, 3.05) is 5.32 Å². The van der Waals surface area contributed by atoms with Gasteiger partial charge < -0.3 is 5.32 Å². The van der Waals surface area contributed by atoms with E-state index < -0.39 is 0 Å². The third-order valence-corrected chi connectivity index (χ3v) is 3.97. The Hall–Kier alpha value is -2.69. The number of nitrogens with one attached hydrogen (secondary N) is 1. The summed E-state index contributed by atoms with van der Waals surface area (Å²) in [6.45, 7) is 2.00. The number of fused-ring (bicyclic) bond motifs is 1. The lowest BCUT2D eigenvalue weighted by atomic mass is 10.1. The van der Waals surface area contributed by atoms with E-state index in [0.29, 0.717) is 5.78 Å². The zero-order valence-corrected chi connectivity index (χ0v) is 12.3. The van der Waals surface area contributed by atoms with Crippen molar-refractivity contribution in [3.63, 3.8) is 0 Å². The zero-order valence-electron chi connectivity index (χ0n) is 12.3. The minimum Gasteiger partial charge on any atom is -0.326 e. The molecular weight excluding hydrogens is 276 g/mol. The number of aryl methyl sites for hydroxylation is 1. The molecule has 5 heteroatoms. The minimum atomic E-state index is 0.122. The number of rotatable bonds is 3. The van der Waals surface area contributed by atoms with Crippen molar-refractivity contribution in [1.82, 2.24) is 14.4 Å². The highest BCUT2D eigenvalue weighted by atomic mass is 16.2. The van der Waals surface area contributed by atoms with Crippen LogP contribution in [0.2, 0.25) is 0 Å². The molecule has 0 unspecified atom stereocenters. The van der Waals surface area contributed by atoms with Crippen molar-refractivity contribution < 1.29 is 4.79 Å². The van der Waals surface area contributed by atoms with Crippen LogP contribution in [0, 0.1) is 12.8 Å². The largest absolute Gasteiger partial charge is 0.326 e. The molecule has 0 atom stereocenters. The van der Waals surface area contributed by atoms with Crippen molar-refractivity contribution >= 4 is 17.4 Å². The molecule has 110 valence electrons. The van der Waals surface area contributed by atoms with Gasteiger partial charge in [0.1, 0.15) is 0 Å². The van der Waals surface area contributed by atoms with Crippen LogP contribution in [-0.4, -0.2) is 20.3 Å². The number of anilines is 1. The van der Waals surface area contributed by atoms with Crippen LogP contribution in [0.1, 0.15) is 18.4 Å². The average molecular weight is 292 g/mol. The molecule has 0 bridgehead atoms. The van der Waals surface area contributed by atoms with Gasteiger partial charge in [0, 0.05) is 35.8 Å². The van der Waals surface area contributed by atoms with E-state index in [0.717, 1.165) is 35.3 Å². The number of hydrogen-bond acceptors (Lipinski definition) is 3. The quantitative estimate of drug-likeness (QED) is 0.807. The molecule has 1 aliphatic carbocycles. The van der Waals surface area contributed by atoms with Gasteiger partial charge in [0.05, 0.1) is 5.69 Å². The second-order valence-electron chi connectivity index (χ2n) is 5.75. The zero-order chi connectivity index (χ0) is 15.1. The van der Waals surface area contributed by atoms with Gasteiger partial charge in [0.2, 0.25) is 11.7 Å². The fourth-order valence-electron chi connectivity index (χ4n) is 2.47. The van der Waals surface area contributed by atoms with Gasteiger partial charge in [0.25, 0.3) is 0 Å². The van der Waals surface area contributed by atoms with Gasteiger partial charge >= 0.3 is 0 Å². The Bertz CT molecular complexity index is 831. The first-order valence-electron chi connectivity index (χ1n) is 7.42. The lowest BCUT2D eigenvalue weighted by Crippen LogP contribution is -2.14. The number of aromatic nitrogens is 3. The second kappa shape index (κ2) is 4.94. The number of benzene rings is 1. The molecule has 0 aliphatic heterocycles. The van der Waals surface area contributed by atoms with E-state index in [2.05, 4.69) is 15.3 Å². The summed E-state index contributed by atoms with van der Waals surface area (Å²) in [7, 11) is 0. The number of hydrogen-bond donors (Lipinski definition) is 1. The summed E-state index contributed by atoms with van der Waals surface area (Å²) in [5.41, 5.74) is 3.74. The van der Waals surface area contributed by atoms with E-state index in [1.54, 1.807) is 6.20 Å². The number of nitrogens with zero attached hydrogens (tertiary/aromatic N) is 3. The number of carbonyl (C=O) groups excluding carboxylic acids is 1. The normalized spacial score (nSPS) is 14.2. The van der Waals surface area contributed by atoms with Gasteiger partial charge in [-0.1, -0.05) is 12.1 Å². The van der Waals surface area contributed by atoms with Crippen LogP contribution in [-0.2, 0) is 4.79 Å².